The fraction of sp³-hybridized carbons (Fsp3) is 0.565. The number of aromatic hydroxyl groups is 1. The maximum atomic E-state index is 14.6. The van der Waals surface area contributed by atoms with Gasteiger partial charge in [-0.05, 0) is 99.4 Å². The number of benzene rings is 2. The number of nitrogens with two attached hydrogens (primary N) is 6. The lowest BCUT2D eigenvalue weighted by Gasteiger charge is -2.31. The average molecular weight is 1370 g/mol. The van der Waals surface area contributed by atoms with E-state index in [1.807, 2.05) is 0 Å². The second-order valence-corrected chi connectivity index (χ2v) is 24.4. The number of phenols is 1. The van der Waals surface area contributed by atoms with E-state index in [0.717, 1.165) is 4.90 Å². The Balaban J connectivity index is 1.91. The number of nitrogens with one attached hydrogen (secondary N) is 9. The van der Waals surface area contributed by atoms with E-state index in [1.165, 1.54) is 24.3 Å². The number of amides is 12. The molecule has 97 heavy (non-hydrogen) atoms. The molecule has 0 spiro atoms. The lowest BCUT2D eigenvalue weighted by Crippen LogP contribution is -2.61. The normalized spacial score (nSPS) is 15.8. The molecular formula is C62H95N17O18. The zero-order valence-electron chi connectivity index (χ0n) is 54.8. The molecule has 2 aromatic rings. The first kappa shape index (κ1) is 81.2. The maximum Gasteiger partial charge on any atom is 0.326 e. The lowest BCUT2D eigenvalue weighted by atomic mass is 9.98. The number of unbranched alkanes of at least 4 members (excludes halogenated alkanes) is 1. The number of carbonyl (C=O) groups excluding carboxylic acids is 12. The summed E-state index contributed by atoms with van der Waals surface area (Å²) in [6, 6.07) is -3.29. The number of aliphatic hydroxyl groups excluding tert-OH is 1. The van der Waals surface area contributed by atoms with Gasteiger partial charge in [-0.15, -0.1) is 0 Å². The van der Waals surface area contributed by atoms with E-state index >= 15 is 0 Å². The van der Waals surface area contributed by atoms with E-state index in [0.29, 0.717) is 17.5 Å². The summed E-state index contributed by atoms with van der Waals surface area (Å²) in [5.41, 5.74) is 34.6. The van der Waals surface area contributed by atoms with Gasteiger partial charge in [-0.2, -0.15) is 0 Å². The number of hydrogen-bond acceptors (Lipinski definition) is 19. The number of aliphatic carboxylic acids is 2. The highest BCUT2D eigenvalue weighted by molar-refractivity contribution is 6.01. The average Bonchev–Trinajstić information content (AvgIpc) is 1.78. The molecule has 536 valence electrons. The highest BCUT2D eigenvalue weighted by Crippen LogP contribution is 2.21. The van der Waals surface area contributed by atoms with Gasteiger partial charge in [-0.25, -0.2) is 4.79 Å². The molecule has 0 saturated carbocycles. The van der Waals surface area contributed by atoms with E-state index < -0.39 is 175 Å². The van der Waals surface area contributed by atoms with Crippen LogP contribution in [0.1, 0.15) is 116 Å². The number of phenolic OH excluding ortho intramolecular Hbond substituents is 1. The lowest BCUT2D eigenvalue weighted by molar-refractivity contribution is -0.144. The minimum Gasteiger partial charge on any atom is -0.508 e. The van der Waals surface area contributed by atoms with Crippen molar-refractivity contribution in [1.29, 1.82) is 0 Å². The van der Waals surface area contributed by atoms with Crippen molar-refractivity contribution in [2.45, 2.75) is 184 Å². The van der Waals surface area contributed by atoms with Gasteiger partial charge >= 0.3 is 11.9 Å². The van der Waals surface area contributed by atoms with Crippen LogP contribution in [0.4, 0.5) is 0 Å². The van der Waals surface area contributed by atoms with Crippen molar-refractivity contribution >= 4 is 88.8 Å². The second kappa shape index (κ2) is 41.0. The maximum absolute atomic E-state index is 14.6. The van der Waals surface area contributed by atoms with Crippen molar-refractivity contribution in [2.24, 2.45) is 51.2 Å². The summed E-state index contributed by atoms with van der Waals surface area (Å²) in [4.78, 5) is 195. The second-order valence-electron chi connectivity index (χ2n) is 24.4. The van der Waals surface area contributed by atoms with E-state index in [9.17, 15) is 87.5 Å². The molecule has 1 aliphatic rings. The van der Waals surface area contributed by atoms with Crippen LogP contribution in [0, 0.1) is 11.8 Å². The van der Waals surface area contributed by atoms with Crippen molar-refractivity contribution in [3.63, 3.8) is 0 Å². The number of aliphatic imine (C=N–C) groups is 1. The Hall–Kier alpha value is -10.0. The van der Waals surface area contributed by atoms with Gasteiger partial charge in [0.2, 0.25) is 70.9 Å². The minimum atomic E-state index is -2.02. The number of nitrogens with zero attached hydrogens (tertiary/aromatic N) is 2. The Bertz CT molecular complexity index is 3080. The first-order valence-corrected chi connectivity index (χ1v) is 31.7. The molecule has 1 aliphatic heterocycles. The third kappa shape index (κ3) is 29.2. The number of hydrogen-bond donors (Lipinski definition) is 19. The van der Waals surface area contributed by atoms with Crippen LogP contribution in [-0.2, 0) is 80.0 Å². The highest BCUT2D eigenvalue weighted by atomic mass is 16.4. The molecular weight excluding hydrogens is 1270 g/mol. The molecule has 11 atom stereocenters. The van der Waals surface area contributed by atoms with Gasteiger partial charge in [0.15, 0.2) is 5.96 Å². The summed E-state index contributed by atoms with van der Waals surface area (Å²) in [6.45, 7) is 6.18. The largest absolute Gasteiger partial charge is 0.508 e. The van der Waals surface area contributed by atoms with E-state index in [4.69, 9.17) is 34.4 Å². The standard InChI is InChI=1S/C62H95N17O18/c1-32(2)24-40(73-55(90)41(25-33(3)4)74-56(91)42(72-51(86)37(64)31-80)26-34-12-6-5-7-13-34)54(89)71-39(15-10-22-69-62(67)68)52(87)77-45(29-49(66)83)60(95)79-23-11-16-47(79)59(94)76-43(28-48(65)82)57(92)75-44(30-50(84)85)58(93)70-38(14-8-9-21-63)53(88)78-46(61(96)97)27-35-17-19-36(81)20-18-35/h5-7,12-13,17-20,32-33,37-47,80-81H,8-11,14-16,21-31,63-64H2,1-4H3,(H2,65,82)(H2,66,83)(H,70,93)(H,71,89)(H,72,86)(H,73,90)(H,74,91)(H,75,92)(H,76,94)(H,77,87)(H,78,88)(H,84,85)(H,96,97)(H4,67,68,69)/t37-,38-,39-,40-,41-,42-,43-,44-,45-,46-,47-/m0/s1. The predicted molar refractivity (Wildman–Crippen MR) is 348 cm³/mol. The predicted octanol–water partition coefficient (Wildman–Crippen LogP) is -5.56. The zero-order valence-corrected chi connectivity index (χ0v) is 54.8. The minimum absolute atomic E-state index is 0.0141. The Labute approximate surface area is 560 Å². The topological polar surface area (TPSA) is 600 Å². The van der Waals surface area contributed by atoms with Crippen LogP contribution >= 0.6 is 0 Å². The first-order chi connectivity index (χ1) is 45.7. The van der Waals surface area contributed by atoms with E-state index in [2.05, 4.69) is 52.8 Å². The SMILES string of the molecule is CC(C)C[C@H](NC(=O)[C@H](CC(C)C)NC(=O)[C@H](Cc1ccccc1)NC(=O)[C@@H](N)CO)C(=O)N[C@@H](CCCN=C(N)N)C(=O)N[C@@H](CC(N)=O)C(=O)N1CCC[C@H]1C(=O)N[C@@H](CC(N)=O)C(=O)N[C@@H](CC(=O)O)C(=O)N[C@@H](CCCCN)C(=O)N[C@@H](Cc1ccc(O)cc1)C(=O)O. The van der Waals surface area contributed by atoms with Crippen LogP contribution in [0.5, 0.6) is 5.75 Å². The fourth-order valence-electron chi connectivity index (χ4n) is 10.3. The van der Waals surface area contributed by atoms with Gasteiger partial charge in [0.05, 0.1) is 25.9 Å². The molecule has 0 aliphatic carbocycles. The molecule has 1 fully saturated rings. The monoisotopic (exact) mass is 1370 g/mol. The number of primary amides is 2. The molecule has 1 saturated heterocycles. The van der Waals surface area contributed by atoms with Gasteiger partial charge in [0.25, 0.3) is 0 Å². The van der Waals surface area contributed by atoms with Gasteiger partial charge in [-0.1, -0.05) is 70.2 Å². The molecule has 35 heteroatoms. The fourth-order valence-corrected chi connectivity index (χ4v) is 10.3. The molecule has 0 aromatic heterocycles. The van der Waals surface area contributed by atoms with Crippen LogP contribution in [-0.4, -0.2) is 207 Å². The smallest absolute Gasteiger partial charge is 0.326 e. The Kier molecular flexibility index (Phi) is 34.4. The number of guanidine groups is 1. The molecule has 25 N–H and O–H groups in total. The molecule has 0 radical (unpaired) electrons. The Morgan fingerprint density at radius 1 is 0.526 bits per heavy atom. The van der Waals surface area contributed by atoms with Gasteiger partial charge in [0, 0.05) is 25.9 Å². The van der Waals surface area contributed by atoms with Crippen molar-refractivity contribution in [3.8, 4) is 5.75 Å². The summed E-state index contributed by atoms with van der Waals surface area (Å²) < 4.78 is 0. The highest BCUT2D eigenvalue weighted by Gasteiger charge is 2.42. The molecule has 12 amide bonds. The van der Waals surface area contributed by atoms with Crippen LogP contribution in [0.15, 0.2) is 59.6 Å². The van der Waals surface area contributed by atoms with Gasteiger partial charge < -0.3 is 108 Å². The van der Waals surface area contributed by atoms with E-state index in [1.54, 1.807) is 58.0 Å². The molecule has 1 heterocycles. The number of rotatable bonds is 43. The van der Waals surface area contributed by atoms with Crippen LogP contribution < -0.4 is 82.3 Å². The van der Waals surface area contributed by atoms with Crippen LogP contribution in [0.25, 0.3) is 0 Å². The van der Waals surface area contributed by atoms with Crippen LogP contribution in [0.2, 0.25) is 0 Å². The van der Waals surface area contributed by atoms with Crippen molar-refractivity contribution in [2.75, 3.05) is 26.2 Å². The summed E-state index contributed by atoms with van der Waals surface area (Å²) in [7, 11) is 0. The molecule has 3 rings (SSSR count). The number of likely N-dealkylation sites (tertiary alicyclic amines) is 1. The van der Waals surface area contributed by atoms with Crippen molar-refractivity contribution in [1.82, 2.24) is 52.8 Å². The Morgan fingerprint density at radius 2 is 0.959 bits per heavy atom. The molecule has 35 nitrogen and oxygen atoms in total. The van der Waals surface area contributed by atoms with E-state index in [-0.39, 0.29) is 107 Å². The Morgan fingerprint density at radius 3 is 1.45 bits per heavy atom. The third-order valence-corrected chi connectivity index (χ3v) is 15.2. The summed E-state index contributed by atoms with van der Waals surface area (Å²) >= 11 is 0. The molecule has 2 aromatic carbocycles. The molecule has 0 unspecified atom stereocenters. The number of carboxylic acid groups (broad SMARTS) is 2. The third-order valence-electron chi connectivity index (χ3n) is 15.2. The zero-order chi connectivity index (χ0) is 72.6. The van der Waals surface area contributed by atoms with Crippen LogP contribution in [0.3, 0.4) is 0 Å². The molecule has 0 bridgehead atoms. The quantitative estimate of drug-likeness (QED) is 0.0167. The van der Waals surface area contributed by atoms with Gasteiger partial charge in [-0.3, -0.25) is 67.3 Å². The summed E-state index contributed by atoms with van der Waals surface area (Å²) in [5.74, 6) is -16.6. The first-order valence-electron chi connectivity index (χ1n) is 31.7. The summed E-state index contributed by atoms with van der Waals surface area (Å²) in [5, 5.41) is 61.1. The van der Waals surface area contributed by atoms with Gasteiger partial charge in [0.1, 0.15) is 72.2 Å². The van der Waals surface area contributed by atoms with Crippen molar-refractivity contribution < 1.29 is 87.5 Å². The summed E-state index contributed by atoms with van der Waals surface area (Å²) in [6.07, 6.45) is -3.12. The number of carboxylic acids is 2. The number of aliphatic hydroxyl groups is 1. The number of carbonyl (C=O) groups is 14. The van der Waals surface area contributed by atoms with Crippen molar-refractivity contribution in [3.05, 3.63) is 65.7 Å².